The number of nitrogens with two attached hydrogens (primary N) is 1. The maximum absolute atomic E-state index is 5.53. The second kappa shape index (κ2) is 5.66. The van der Waals surface area contributed by atoms with Gasteiger partial charge in [-0.25, -0.2) is 4.98 Å². The minimum Gasteiger partial charge on any atom is -0.377 e. The first-order valence-electron chi connectivity index (χ1n) is 4.51. The third-order valence-electron chi connectivity index (χ3n) is 1.81. The summed E-state index contributed by atoms with van der Waals surface area (Å²) in [5.41, 5.74) is 5.53. The maximum Gasteiger partial charge on any atom is 0.137 e. The molecule has 0 aliphatic heterocycles. The fourth-order valence-electron chi connectivity index (χ4n) is 1.13. The van der Waals surface area contributed by atoms with Gasteiger partial charge in [0.2, 0.25) is 0 Å². The molecule has 1 aromatic rings. The highest BCUT2D eigenvalue weighted by Gasteiger charge is 2.05. The van der Waals surface area contributed by atoms with E-state index in [4.69, 9.17) is 10.5 Å². The molecule has 74 valence electrons. The number of nitrogens with zero attached hydrogens (tertiary/aromatic N) is 3. The Bertz CT molecular complexity index is 212. The first-order chi connectivity index (χ1) is 6.36. The summed E-state index contributed by atoms with van der Waals surface area (Å²) in [5.74, 6) is 0. The average Bonchev–Trinajstić information content (AvgIpc) is 2.64. The molecule has 0 aliphatic rings. The standard InChI is InChI=1S/C8H16N4O/c1-2-13-8(5-9)3-4-12-7-10-6-11-12/h6-8H,2-5,9H2,1H3. The van der Waals surface area contributed by atoms with Gasteiger partial charge in [-0.05, 0) is 13.3 Å². The number of rotatable bonds is 6. The van der Waals surface area contributed by atoms with Gasteiger partial charge < -0.3 is 10.5 Å². The van der Waals surface area contributed by atoms with Gasteiger partial charge in [0.25, 0.3) is 0 Å². The van der Waals surface area contributed by atoms with Gasteiger partial charge in [0.05, 0.1) is 6.10 Å². The Morgan fingerprint density at radius 1 is 1.62 bits per heavy atom. The molecule has 0 saturated carbocycles. The summed E-state index contributed by atoms with van der Waals surface area (Å²) in [7, 11) is 0. The molecule has 1 heterocycles. The largest absolute Gasteiger partial charge is 0.377 e. The predicted molar refractivity (Wildman–Crippen MR) is 49.1 cm³/mol. The first kappa shape index (κ1) is 10.1. The second-order valence-corrected chi connectivity index (χ2v) is 2.76. The van der Waals surface area contributed by atoms with E-state index in [1.807, 2.05) is 6.92 Å². The molecule has 5 heteroatoms. The van der Waals surface area contributed by atoms with E-state index in [0.29, 0.717) is 13.2 Å². The van der Waals surface area contributed by atoms with E-state index in [1.54, 1.807) is 11.0 Å². The molecule has 1 aromatic heterocycles. The number of hydrogen-bond acceptors (Lipinski definition) is 4. The average molecular weight is 184 g/mol. The summed E-state index contributed by atoms with van der Waals surface area (Å²) in [5, 5.41) is 3.99. The summed E-state index contributed by atoms with van der Waals surface area (Å²) in [6.45, 7) is 4.04. The maximum atomic E-state index is 5.53. The van der Waals surface area contributed by atoms with Crippen LogP contribution >= 0.6 is 0 Å². The normalized spacial score (nSPS) is 13.1. The van der Waals surface area contributed by atoms with E-state index in [-0.39, 0.29) is 6.10 Å². The number of aryl methyl sites for hydroxylation is 1. The van der Waals surface area contributed by atoms with Crippen LogP contribution in [0.15, 0.2) is 12.7 Å². The molecule has 0 spiro atoms. The topological polar surface area (TPSA) is 66.0 Å². The number of ether oxygens (including phenoxy) is 1. The molecule has 0 bridgehead atoms. The Balaban J connectivity index is 2.23. The van der Waals surface area contributed by atoms with Gasteiger partial charge in [-0.3, -0.25) is 4.68 Å². The SMILES string of the molecule is CCOC(CN)CCn1cncn1. The fourth-order valence-corrected chi connectivity index (χ4v) is 1.13. The Labute approximate surface area is 77.9 Å². The second-order valence-electron chi connectivity index (χ2n) is 2.76. The van der Waals surface area contributed by atoms with Crippen molar-refractivity contribution < 1.29 is 4.74 Å². The van der Waals surface area contributed by atoms with E-state index >= 15 is 0 Å². The highest BCUT2D eigenvalue weighted by Crippen LogP contribution is 1.98. The Morgan fingerprint density at radius 2 is 2.46 bits per heavy atom. The zero-order valence-corrected chi connectivity index (χ0v) is 7.89. The zero-order valence-electron chi connectivity index (χ0n) is 7.89. The van der Waals surface area contributed by atoms with Crippen LogP contribution in [0.4, 0.5) is 0 Å². The minimum atomic E-state index is 0.134. The van der Waals surface area contributed by atoms with Crippen LogP contribution in [0.25, 0.3) is 0 Å². The summed E-state index contributed by atoms with van der Waals surface area (Å²) >= 11 is 0. The van der Waals surface area contributed by atoms with Crippen LogP contribution in [-0.4, -0.2) is 34.0 Å². The molecule has 0 radical (unpaired) electrons. The molecule has 1 rings (SSSR count). The lowest BCUT2D eigenvalue weighted by molar-refractivity contribution is 0.0591. The number of hydrogen-bond donors (Lipinski definition) is 1. The van der Waals surface area contributed by atoms with Crippen molar-refractivity contribution >= 4 is 0 Å². The van der Waals surface area contributed by atoms with Crippen LogP contribution in [-0.2, 0) is 11.3 Å². The van der Waals surface area contributed by atoms with Gasteiger partial charge in [-0.2, -0.15) is 5.10 Å². The molecule has 0 fully saturated rings. The van der Waals surface area contributed by atoms with Crippen LogP contribution in [0, 0.1) is 0 Å². The lowest BCUT2D eigenvalue weighted by atomic mass is 10.2. The molecule has 1 unspecified atom stereocenters. The summed E-state index contributed by atoms with van der Waals surface area (Å²) in [6, 6.07) is 0. The van der Waals surface area contributed by atoms with Gasteiger partial charge in [-0.1, -0.05) is 0 Å². The lowest BCUT2D eigenvalue weighted by Gasteiger charge is -2.13. The molecule has 0 aromatic carbocycles. The van der Waals surface area contributed by atoms with E-state index in [2.05, 4.69) is 10.1 Å². The van der Waals surface area contributed by atoms with Gasteiger partial charge in [0.15, 0.2) is 0 Å². The molecule has 0 saturated heterocycles. The van der Waals surface area contributed by atoms with Crippen molar-refractivity contribution in [2.45, 2.75) is 26.0 Å². The van der Waals surface area contributed by atoms with Crippen LogP contribution in [0.2, 0.25) is 0 Å². The molecule has 5 nitrogen and oxygen atoms in total. The van der Waals surface area contributed by atoms with Gasteiger partial charge in [-0.15, -0.1) is 0 Å². The molecule has 2 N–H and O–H groups in total. The number of aromatic nitrogens is 3. The summed E-state index contributed by atoms with van der Waals surface area (Å²) < 4.78 is 7.18. The minimum absolute atomic E-state index is 0.134. The third-order valence-corrected chi connectivity index (χ3v) is 1.81. The lowest BCUT2D eigenvalue weighted by Crippen LogP contribution is -2.25. The molecule has 0 amide bonds. The van der Waals surface area contributed by atoms with E-state index < -0.39 is 0 Å². The van der Waals surface area contributed by atoms with Crippen LogP contribution in [0.3, 0.4) is 0 Å². The zero-order chi connectivity index (χ0) is 9.52. The molecular weight excluding hydrogens is 168 g/mol. The predicted octanol–water partition coefficient (Wildman–Crippen LogP) is 0.0320. The van der Waals surface area contributed by atoms with Crippen molar-refractivity contribution in [1.29, 1.82) is 0 Å². The summed E-state index contributed by atoms with van der Waals surface area (Å²) in [6.07, 6.45) is 4.24. The van der Waals surface area contributed by atoms with E-state index in [1.165, 1.54) is 6.33 Å². The molecule has 1 atom stereocenters. The van der Waals surface area contributed by atoms with Gasteiger partial charge in [0, 0.05) is 19.7 Å². The quantitative estimate of drug-likeness (QED) is 0.677. The third kappa shape index (κ3) is 3.52. The van der Waals surface area contributed by atoms with Gasteiger partial charge >= 0.3 is 0 Å². The fraction of sp³-hybridized carbons (Fsp3) is 0.750. The van der Waals surface area contributed by atoms with Crippen LogP contribution < -0.4 is 5.73 Å². The monoisotopic (exact) mass is 184 g/mol. The van der Waals surface area contributed by atoms with Crippen molar-refractivity contribution in [1.82, 2.24) is 14.8 Å². The Morgan fingerprint density at radius 3 is 3.00 bits per heavy atom. The highest BCUT2D eigenvalue weighted by molar-refractivity contribution is 4.61. The molecular formula is C8H16N4O. The molecule has 13 heavy (non-hydrogen) atoms. The Kier molecular flexibility index (Phi) is 4.42. The van der Waals surface area contributed by atoms with E-state index in [0.717, 1.165) is 13.0 Å². The van der Waals surface area contributed by atoms with Crippen molar-refractivity contribution in [2.24, 2.45) is 5.73 Å². The summed E-state index contributed by atoms with van der Waals surface area (Å²) in [4.78, 5) is 3.85. The van der Waals surface area contributed by atoms with Crippen LogP contribution in [0.5, 0.6) is 0 Å². The van der Waals surface area contributed by atoms with Crippen molar-refractivity contribution in [3.63, 3.8) is 0 Å². The van der Waals surface area contributed by atoms with Crippen molar-refractivity contribution in [3.05, 3.63) is 12.7 Å². The smallest absolute Gasteiger partial charge is 0.137 e. The van der Waals surface area contributed by atoms with Crippen molar-refractivity contribution in [3.8, 4) is 0 Å². The molecule has 0 aliphatic carbocycles. The van der Waals surface area contributed by atoms with E-state index in [9.17, 15) is 0 Å². The highest BCUT2D eigenvalue weighted by atomic mass is 16.5. The first-order valence-corrected chi connectivity index (χ1v) is 4.51. The van der Waals surface area contributed by atoms with Crippen molar-refractivity contribution in [2.75, 3.05) is 13.2 Å². The van der Waals surface area contributed by atoms with Crippen LogP contribution in [0.1, 0.15) is 13.3 Å². The Hall–Kier alpha value is -0.940. The van der Waals surface area contributed by atoms with Gasteiger partial charge in [0.1, 0.15) is 12.7 Å².